The van der Waals surface area contributed by atoms with Gasteiger partial charge in [-0.3, -0.25) is 4.74 Å². The lowest BCUT2D eigenvalue weighted by Gasteiger charge is -2.45. The molecule has 4 heteroatoms. The van der Waals surface area contributed by atoms with Crippen molar-refractivity contribution in [3.8, 4) is 0 Å². The van der Waals surface area contributed by atoms with Crippen LogP contribution in [0.2, 0.25) is 0 Å². The number of ether oxygens (including phenoxy) is 1. The third-order valence-corrected chi connectivity index (χ3v) is 8.21. The number of alkyl halides is 3. The van der Waals surface area contributed by atoms with E-state index in [2.05, 4.69) is 6.92 Å². The van der Waals surface area contributed by atoms with Gasteiger partial charge >= 0.3 is 6.36 Å². The third-order valence-electron chi connectivity index (χ3n) is 8.21. The molecule has 0 aromatic rings. The minimum absolute atomic E-state index is 0.0355. The minimum Gasteiger partial charge on any atom is -0.280 e. The number of halogens is 3. The number of rotatable bonds is 8. The van der Waals surface area contributed by atoms with Gasteiger partial charge in [-0.15, -0.1) is 13.2 Å². The number of unbranched alkanes of at least 4 members (excludes halogenated alkanes) is 2. The van der Waals surface area contributed by atoms with Crippen molar-refractivity contribution in [3.05, 3.63) is 23.8 Å². The van der Waals surface area contributed by atoms with Crippen molar-refractivity contribution in [3.63, 3.8) is 0 Å². The van der Waals surface area contributed by atoms with E-state index in [9.17, 15) is 13.2 Å². The van der Waals surface area contributed by atoms with E-state index in [0.29, 0.717) is 12.3 Å². The van der Waals surface area contributed by atoms with Crippen LogP contribution in [-0.4, -0.2) is 12.0 Å². The molecule has 0 bridgehead atoms. The maximum atomic E-state index is 13.3. The lowest BCUT2D eigenvalue weighted by Crippen LogP contribution is -2.45. The molecule has 0 N–H and O–H groups in total. The normalized spacial score (nSPS) is 35.3. The average Bonchev–Trinajstić information content (AvgIpc) is 2.74. The van der Waals surface area contributed by atoms with Gasteiger partial charge in [0.2, 0.25) is 0 Å². The summed E-state index contributed by atoms with van der Waals surface area (Å²) in [4.78, 5) is 0. The van der Waals surface area contributed by atoms with Crippen LogP contribution < -0.4 is 0 Å². The SMILES string of the molecule is CCCCCC1CCC(C2CCC(C3(OC(F)(F)F)C=CC(CC)=CC3)CC2)CC1. The van der Waals surface area contributed by atoms with Crippen LogP contribution in [0.25, 0.3) is 0 Å². The lowest BCUT2D eigenvalue weighted by molar-refractivity contribution is -0.366. The first kappa shape index (κ1) is 23.9. The molecule has 3 rings (SSSR count). The molecular weight excluding hydrogens is 385 g/mol. The molecular formula is C26H41F3O. The van der Waals surface area contributed by atoms with E-state index in [1.54, 1.807) is 6.08 Å². The highest BCUT2D eigenvalue weighted by atomic mass is 19.4. The maximum Gasteiger partial charge on any atom is 0.523 e. The zero-order valence-electron chi connectivity index (χ0n) is 19.0. The number of allylic oxidation sites excluding steroid dienone is 2. The Bertz CT molecular complexity index is 578. The highest BCUT2D eigenvalue weighted by molar-refractivity contribution is 5.29. The van der Waals surface area contributed by atoms with Gasteiger partial charge in [0, 0.05) is 0 Å². The van der Waals surface area contributed by atoms with Gasteiger partial charge in [0.05, 0.1) is 0 Å². The molecule has 0 aromatic heterocycles. The molecule has 0 heterocycles. The smallest absolute Gasteiger partial charge is 0.280 e. The summed E-state index contributed by atoms with van der Waals surface area (Å²) in [5, 5.41) is 0. The van der Waals surface area contributed by atoms with Gasteiger partial charge < -0.3 is 0 Å². The molecule has 2 saturated carbocycles. The molecule has 3 aliphatic carbocycles. The Labute approximate surface area is 181 Å². The van der Waals surface area contributed by atoms with Crippen molar-refractivity contribution in [2.24, 2.45) is 23.7 Å². The van der Waals surface area contributed by atoms with Crippen molar-refractivity contribution >= 4 is 0 Å². The molecule has 0 saturated heterocycles. The molecule has 30 heavy (non-hydrogen) atoms. The third kappa shape index (κ3) is 6.37. The first-order chi connectivity index (χ1) is 14.3. The summed E-state index contributed by atoms with van der Waals surface area (Å²) < 4.78 is 44.6. The summed E-state index contributed by atoms with van der Waals surface area (Å²) in [6, 6.07) is 0. The van der Waals surface area contributed by atoms with E-state index < -0.39 is 12.0 Å². The predicted molar refractivity (Wildman–Crippen MR) is 117 cm³/mol. The van der Waals surface area contributed by atoms with E-state index >= 15 is 0 Å². The summed E-state index contributed by atoms with van der Waals surface area (Å²) in [6.07, 6.45) is 16.8. The summed E-state index contributed by atoms with van der Waals surface area (Å²) in [6.45, 7) is 4.30. The van der Waals surface area contributed by atoms with E-state index in [-0.39, 0.29) is 5.92 Å². The predicted octanol–water partition coefficient (Wildman–Crippen LogP) is 8.75. The van der Waals surface area contributed by atoms with E-state index in [4.69, 9.17) is 4.74 Å². The van der Waals surface area contributed by atoms with Gasteiger partial charge in [-0.25, -0.2) is 0 Å². The summed E-state index contributed by atoms with van der Waals surface area (Å²) in [5.74, 6) is 2.38. The molecule has 0 aliphatic heterocycles. The lowest BCUT2D eigenvalue weighted by atomic mass is 9.65. The first-order valence-corrected chi connectivity index (χ1v) is 12.5. The van der Waals surface area contributed by atoms with Crippen LogP contribution in [0, 0.1) is 23.7 Å². The summed E-state index contributed by atoms with van der Waals surface area (Å²) in [5.41, 5.74) is -0.0838. The average molecular weight is 427 g/mol. The topological polar surface area (TPSA) is 9.23 Å². The molecule has 0 radical (unpaired) electrons. The Balaban J connectivity index is 1.52. The molecule has 0 amide bonds. The standard InChI is InChI=1S/C26H41F3O/c1-3-5-6-7-21-8-10-22(11-9-21)23-12-14-24(15-13-23)25(30-26(27,28)29)18-16-20(4-2)17-19-25/h16-18,21-24H,3-15,19H2,1-2H3. The monoisotopic (exact) mass is 426 g/mol. The second-order valence-corrected chi connectivity index (χ2v) is 10.1. The molecule has 172 valence electrons. The molecule has 2 fully saturated rings. The van der Waals surface area contributed by atoms with Crippen LogP contribution in [0.5, 0.6) is 0 Å². The molecule has 1 nitrogen and oxygen atoms in total. The molecule has 1 atom stereocenters. The van der Waals surface area contributed by atoms with Crippen LogP contribution in [0.4, 0.5) is 13.2 Å². The van der Waals surface area contributed by atoms with E-state index in [1.165, 1.54) is 51.4 Å². The van der Waals surface area contributed by atoms with Crippen LogP contribution in [0.1, 0.15) is 104 Å². The molecule has 0 spiro atoms. The van der Waals surface area contributed by atoms with E-state index in [0.717, 1.165) is 49.5 Å². The number of hydrogen-bond acceptors (Lipinski definition) is 1. The highest BCUT2D eigenvalue weighted by Gasteiger charge is 2.48. The van der Waals surface area contributed by atoms with Crippen LogP contribution in [-0.2, 0) is 4.74 Å². The van der Waals surface area contributed by atoms with Gasteiger partial charge in [-0.05, 0) is 75.0 Å². The van der Waals surface area contributed by atoms with E-state index in [1.807, 2.05) is 19.1 Å². The van der Waals surface area contributed by atoms with Crippen molar-refractivity contribution in [1.29, 1.82) is 0 Å². The fourth-order valence-electron chi connectivity index (χ4n) is 6.32. The fourth-order valence-corrected chi connectivity index (χ4v) is 6.32. The van der Waals surface area contributed by atoms with Gasteiger partial charge in [-0.1, -0.05) is 76.2 Å². The van der Waals surface area contributed by atoms with Crippen LogP contribution >= 0.6 is 0 Å². The van der Waals surface area contributed by atoms with Gasteiger partial charge in [-0.2, -0.15) is 0 Å². The fraction of sp³-hybridized carbons (Fsp3) is 0.846. The second kappa shape index (κ2) is 10.7. The Morgan fingerprint density at radius 3 is 2.07 bits per heavy atom. The Morgan fingerprint density at radius 2 is 1.57 bits per heavy atom. The van der Waals surface area contributed by atoms with Crippen molar-refractivity contribution in [2.45, 2.75) is 116 Å². The zero-order chi connectivity index (χ0) is 21.6. The Morgan fingerprint density at radius 1 is 0.933 bits per heavy atom. The maximum absolute atomic E-state index is 13.3. The Kier molecular flexibility index (Phi) is 8.52. The highest BCUT2D eigenvalue weighted by Crippen LogP contribution is 2.48. The molecule has 3 aliphatic rings. The zero-order valence-corrected chi connectivity index (χ0v) is 19.0. The summed E-state index contributed by atoms with van der Waals surface area (Å²) in [7, 11) is 0. The van der Waals surface area contributed by atoms with Gasteiger partial charge in [0.15, 0.2) is 0 Å². The number of hydrogen-bond donors (Lipinski definition) is 0. The van der Waals surface area contributed by atoms with Crippen molar-refractivity contribution in [1.82, 2.24) is 0 Å². The molecule has 0 aromatic carbocycles. The largest absolute Gasteiger partial charge is 0.523 e. The van der Waals surface area contributed by atoms with Gasteiger partial charge in [0.25, 0.3) is 0 Å². The minimum atomic E-state index is -4.59. The molecule has 1 unspecified atom stereocenters. The van der Waals surface area contributed by atoms with Gasteiger partial charge in [0.1, 0.15) is 5.60 Å². The van der Waals surface area contributed by atoms with Crippen molar-refractivity contribution in [2.75, 3.05) is 0 Å². The first-order valence-electron chi connectivity index (χ1n) is 12.5. The van der Waals surface area contributed by atoms with Crippen molar-refractivity contribution < 1.29 is 17.9 Å². The van der Waals surface area contributed by atoms with Crippen LogP contribution in [0.3, 0.4) is 0 Å². The van der Waals surface area contributed by atoms with Crippen LogP contribution in [0.15, 0.2) is 23.8 Å². The second-order valence-electron chi connectivity index (χ2n) is 10.1. The quantitative estimate of drug-likeness (QED) is 0.352. The Hall–Kier alpha value is -0.770. The summed E-state index contributed by atoms with van der Waals surface area (Å²) >= 11 is 0.